The van der Waals surface area contributed by atoms with Gasteiger partial charge < -0.3 is 10.3 Å². The van der Waals surface area contributed by atoms with Gasteiger partial charge in [0, 0.05) is 28.2 Å². The number of halogens is 1. The van der Waals surface area contributed by atoms with E-state index in [1.165, 1.54) is 0 Å². The van der Waals surface area contributed by atoms with Crippen LogP contribution in [0.1, 0.15) is 59.2 Å². The maximum atomic E-state index is 13.1. The minimum absolute atomic E-state index is 0.0248. The lowest BCUT2D eigenvalue weighted by atomic mass is 10.0. The van der Waals surface area contributed by atoms with Crippen LogP contribution in [-0.2, 0) is 13.0 Å². The van der Waals surface area contributed by atoms with Crippen molar-refractivity contribution < 1.29 is 9.59 Å². The molecular weight excluding hydrogens is 384 g/mol. The second kappa shape index (κ2) is 8.66. The molecule has 1 aromatic heterocycles. The van der Waals surface area contributed by atoms with Crippen LogP contribution in [0.15, 0.2) is 54.1 Å². The van der Waals surface area contributed by atoms with Crippen LogP contribution >= 0.6 is 11.6 Å². The maximum absolute atomic E-state index is 13.1. The molecule has 0 aliphatic heterocycles. The summed E-state index contributed by atoms with van der Waals surface area (Å²) in [7, 11) is 0. The van der Waals surface area contributed by atoms with Gasteiger partial charge in [-0.15, -0.1) is 0 Å². The third-order valence-electron chi connectivity index (χ3n) is 4.90. The lowest BCUT2D eigenvalue weighted by Crippen LogP contribution is -2.11. The number of primary amides is 1. The monoisotopic (exact) mass is 408 g/mol. The molecule has 0 spiro atoms. The van der Waals surface area contributed by atoms with E-state index >= 15 is 0 Å². The van der Waals surface area contributed by atoms with E-state index in [1.807, 2.05) is 44.2 Å². The lowest BCUT2D eigenvalue weighted by molar-refractivity contribution is 0.0999. The molecular formula is C24H25ClN2O2. The molecule has 1 amide bonds. The smallest absolute Gasteiger partial charge is 0.248 e. The van der Waals surface area contributed by atoms with E-state index in [0.29, 0.717) is 22.7 Å². The Kier molecular flexibility index (Phi) is 6.23. The van der Waals surface area contributed by atoms with Crippen molar-refractivity contribution in [3.8, 4) is 0 Å². The highest BCUT2D eigenvalue weighted by Gasteiger charge is 2.22. The molecule has 4 nitrogen and oxygen atoms in total. The van der Waals surface area contributed by atoms with Gasteiger partial charge in [0.15, 0.2) is 5.78 Å². The van der Waals surface area contributed by atoms with E-state index in [9.17, 15) is 9.59 Å². The van der Waals surface area contributed by atoms with E-state index < -0.39 is 5.91 Å². The summed E-state index contributed by atoms with van der Waals surface area (Å²) in [4.78, 5) is 24.9. The van der Waals surface area contributed by atoms with E-state index in [-0.39, 0.29) is 5.78 Å². The van der Waals surface area contributed by atoms with E-state index in [1.54, 1.807) is 18.2 Å². The standard InChI is InChI=1S/C24H25ClN2O2/c1-4-7-20-23(22(28)12-15(2)3)18-11-10-16(24(26)29)13-21(18)27(20)14-17-8-5-6-9-19(17)25/h5-6,8-13H,4,7,14H2,1-3H3,(H2,26,29). The second-order valence-electron chi connectivity index (χ2n) is 7.43. The first-order chi connectivity index (χ1) is 13.8. The molecule has 0 bridgehead atoms. The number of benzene rings is 2. The fourth-order valence-corrected chi connectivity index (χ4v) is 3.83. The summed E-state index contributed by atoms with van der Waals surface area (Å²) in [6, 6.07) is 12.9. The van der Waals surface area contributed by atoms with Crippen LogP contribution in [0, 0.1) is 0 Å². The van der Waals surface area contributed by atoms with Crippen LogP contribution in [0.4, 0.5) is 0 Å². The first-order valence-corrected chi connectivity index (χ1v) is 10.1. The van der Waals surface area contributed by atoms with Crippen LogP contribution in [0.2, 0.25) is 5.02 Å². The fourth-order valence-electron chi connectivity index (χ4n) is 3.64. The van der Waals surface area contributed by atoms with Crippen LogP contribution in [0.25, 0.3) is 10.9 Å². The summed E-state index contributed by atoms with van der Waals surface area (Å²) >= 11 is 6.41. The third-order valence-corrected chi connectivity index (χ3v) is 5.26. The third kappa shape index (κ3) is 4.28. The highest BCUT2D eigenvalue weighted by atomic mass is 35.5. The van der Waals surface area contributed by atoms with Gasteiger partial charge in [-0.1, -0.05) is 54.8 Å². The number of carbonyl (C=O) groups is 2. The Morgan fingerprint density at radius 1 is 1.14 bits per heavy atom. The van der Waals surface area contributed by atoms with Crippen molar-refractivity contribution in [3.63, 3.8) is 0 Å². The number of rotatable bonds is 7. The quantitative estimate of drug-likeness (QED) is 0.411. The van der Waals surface area contributed by atoms with Crippen molar-refractivity contribution in [2.24, 2.45) is 5.73 Å². The number of carbonyl (C=O) groups excluding carboxylic acids is 2. The van der Waals surface area contributed by atoms with Gasteiger partial charge in [-0.05, 0) is 50.1 Å². The number of hydrogen-bond donors (Lipinski definition) is 1. The number of amides is 1. The zero-order valence-corrected chi connectivity index (χ0v) is 17.7. The topological polar surface area (TPSA) is 65.1 Å². The molecule has 2 aromatic carbocycles. The minimum Gasteiger partial charge on any atom is -0.366 e. The molecule has 0 fully saturated rings. The van der Waals surface area contributed by atoms with Gasteiger partial charge in [-0.2, -0.15) is 0 Å². The Labute approximate surface area is 176 Å². The average molecular weight is 409 g/mol. The molecule has 0 saturated heterocycles. The summed E-state index contributed by atoms with van der Waals surface area (Å²) in [6.07, 6.45) is 3.29. The molecule has 0 unspecified atom stereocenters. The molecule has 29 heavy (non-hydrogen) atoms. The number of hydrogen-bond acceptors (Lipinski definition) is 2. The highest BCUT2D eigenvalue weighted by molar-refractivity contribution is 6.31. The van der Waals surface area contributed by atoms with Crippen molar-refractivity contribution in [2.45, 2.75) is 40.2 Å². The molecule has 0 aliphatic rings. The average Bonchev–Trinajstić information content (AvgIpc) is 2.96. The molecule has 1 heterocycles. The Morgan fingerprint density at radius 3 is 2.48 bits per heavy atom. The zero-order valence-electron chi connectivity index (χ0n) is 17.0. The predicted molar refractivity (Wildman–Crippen MR) is 119 cm³/mol. The van der Waals surface area contributed by atoms with Gasteiger partial charge in [0.25, 0.3) is 0 Å². The second-order valence-corrected chi connectivity index (χ2v) is 7.84. The molecule has 0 aliphatic carbocycles. The van der Waals surface area contributed by atoms with Crippen LogP contribution in [0.3, 0.4) is 0 Å². The van der Waals surface area contributed by atoms with Gasteiger partial charge in [0.2, 0.25) is 5.91 Å². The number of fused-ring (bicyclic) bond motifs is 1. The van der Waals surface area contributed by atoms with Crippen molar-refractivity contribution in [1.29, 1.82) is 0 Å². The Bertz CT molecular complexity index is 1120. The van der Waals surface area contributed by atoms with Crippen LogP contribution in [0.5, 0.6) is 0 Å². The number of nitrogens with zero attached hydrogens (tertiary/aromatic N) is 1. The zero-order chi connectivity index (χ0) is 21.1. The summed E-state index contributed by atoms with van der Waals surface area (Å²) in [5.41, 5.74) is 10.3. The molecule has 3 rings (SSSR count). The van der Waals surface area contributed by atoms with Gasteiger partial charge in [0.1, 0.15) is 0 Å². The summed E-state index contributed by atoms with van der Waals surface area (Å²) < 4.78 is 2.10. The SMILES string of the molecule is CCCc1c(C(=O)C=C(C)C)c2ccc(C(N)=O)cc2n1Cc1ccccc1Cl. The number of ketones is 1. The van der Waals surface area contributed by atoms with E-state index in [0.717, 1.165) is 40.6 Å². The predicted octanol–water partition coefficient (Wildman–Crippen LogP) is 5.54. The van der Waals surface area contributed by atoms with Crippen LogP contribution < -0.4 is 5.73 Å². The summed E-state index contributed by atoms with van der Waals surface area (Å²) in [5.74, 6) is -0.519. The lowest BCUT2D eigenvalue weighted by Gasteiger charge is -2.13. The molecule has 0 atom stereocenters. The molecule has 0 saturated carbocycles. The fraction of sp³-hybridized carbons (Fsp3) is 0.250. The first kappa shape index (κ1) is 20.9. The van der Waals surface area contributed by atoms with E-state index in [2.05, 4.69) is 11.5 Å². The van der Waals surface area contributed by atoms with Gasteiger partial charge in [0.05, 0.1) is 11.1 Å². The van der Waals surface area contributed by atoms with Gasteiger partial charge in [-0.25, -0.2) is 0 Å². The van der Waals surface area contributed by atoms with Crippen molar-refractivity contribution in [3.05, 3.63) is 81.5 Å². The Hall–Kier alpha value is -2.85. The summed E-state index contributed by atoms with van der Waals surface area (Å²) in [6.45, 7) is 6.41. The number of nitrogens with two attached hydrogens (primary N) is 1. The van der Waals surface area contributed by atoms with E-state index in [4.69, 9.17) is 17.3 Å². The van der Waals surface area contributed by atoms with Gasteiger partial charge >= 0.3 is 0 Å². The van der Waals surface area contributed by atoms with Crippen molar-refractivity contribution >= 4 is 34.2 Å². The summed E-state index contributed by atoms with van der Waals surface area (Å²) in [5, 5.41) is 1.49. The molecule has 150 valence electrons. The van der Waals surface area contributed by atoms with Crippen LogP contribution in [-0.4, -0.2) is 16.3 Å². The highest BCUT2D eigenvalue weighted by Crippen LogP contribution is 2.31. The van der Waals surface area contributed by atoms with Crippen molar-refractivity contribution in [2.75, 3.05) is 0 Å². The molecule has 0 radical (unpaired) electrons. The maximum Gasteiger partial charge on any atom is 0.248 e. The first-order valence-electron chi connectivity index (χ1n) is 9.71. The Balaban J connectivity index is 2.33. The number of allylic oxidation sites excluding steroid dienone is 2. The molecule has 2 N–H and O–H groups in total. The normalized spacial score (nSPS) is 10.9. The Morgan fingerprint density at radius 2 is 1.86 bits per heavy atom. The minimum atomic E-state index is -0.494. The largest absolute Gasteiger partial charge is 0.366 e. The van der Waals surface area contributed by atoms with Crippen molar-refractivity contribution in [1.82, 2.24) is 4.57 Å². The number of aromatic nitrogens is 1. The van der Waals surface area contributed by atoms with Gasteiger partial charge in [-0.3, -0.25) is 9.59 Å². The molecule has 3 aromatic rings. The molecule has 5 heteroatoms.